The van der Waals surface area contributed by atoms with E-state index in [1.165, 1.54) is 6.42 Å². The molecule has 1 fully saturated rings. The zero-order valence-electron chi connectivity index (χ0n) is 12.8. The second-order valence-electron chi connectivity index (χ2n) is 5.82. The van der Waals surface area contributed by atoms with Crippen molar-refractivity contribution in [3.63, 3.8) is 0 Å². The van der Waals surface area contributed by atoms with Crippen LogP contribution in [0.4, 0.5) is 5.82 Å². The Morgan fingerprint density at radius 1 is 1.32 bits per heavy atom. The summed E-state index contributed by atoms with van der Waals surface area (Å²) < 4.78 is 2.01. The van der Waals surface area contributed by atoms with E-state index in [0.717, 1.165) is 48.0 Å². The number of hydrogen-bond acceptors (Lipinski definition) is 5. The Kier molecular flexibility index (Phi) is 3.06. The number of hydrogen-bond donors (Lipinski definition) is 1. The van der Waals surface area contributed by atoms with Gasteiger partial charge in [0.25, 0.3) is 0 Å². The average Bonchev–Trinajstić information content (AvgIpc) is 3.20. The third-order valence-corrected chi connectivity index (χ3v) is 4.33. The Morgan fingerprint density at radius 3 is 3.05 bits per heavy atom. The molecular formula is C15H19N7. The molecular weight excluding hydrogens is 278 g/mol. The number of aromatic amines is 1. The minimum Gasteiger partial charge on any atom is -0.351 e. The zero-order chi connectivity index (χ0) is 15.1. The Morgan fingerprint density at radius 2 is 2.23 bits per heavy atom. The van der Waals surface area contributed by atoms with Gasteiger partial charge in [-0.05, 0) is 32.8 Å². The van der Waals surface area contributed by atoms with Crippen molar-refractivity contribution in [3.05, 3.63) is 30.2 Å². The first-order valence-corrected chi connectivity index (χ1v) is 7.65. The summed E-state index contributed by atoms with van der Waals surface area (Å²) in [5.74, 6) is 2.82. The largest absolute Gasteiger partial charge is 0.351 e. The fraction of sp³-hybridized carbons (Fsp3) is 0.467. The average molecular weight is 297 g/mol. The maximum absolute atomic E-state index is 4.53. The van der Waals surface area contributed by atoms with Crippen molar-refractivity contribution in [1.82, 2.24) is 29.7 Å². The molecule has 3 aromatic heterocycles. The molecule has 1 saturated heterocycles. The molecule has 7 heteroatoms. The van der Waals surface area contributed by atoms with E-state index < -0.39 is 0 Å². The number of aryl methyl sites for hydroxylation is 2. The molecule has 1 atom stereocenters. The lowest BCUT2D eigenvalue weighted by atomic mass is 10.2. The fourth-order valence-electron chi connectivity index (χ4n) is 3.33. The molecule has 4 rings (SSSR count). The van der Waals surface area contributed by atoms with E-state index in [1.807, 2.05) is 30.8 Å². The van der Waals surface area contributed by atoms with Crippen molar-refractivity contribution in [3.8, 4) is 0 Å². The van der Waals surface area contributed by atoms with Gasteiger partial charge in [0.2, 0.25) is 0 Å². The molecule has 0 spiro atoms. The number of fused-ring (bicyclic) bond motifs is 1. The molecule has 0 radical (unpaired) electrons. The van der Waals surface area contributed by atoms with Crippen LogP contribution < -0.4 is 4.90 Å². The van der Waals surface area contributed by atoms with Gasteiger partial charge < -0.3 is 9.88 Å². The van der Waals surface area contributed by atoms with Crippen LogP contribution in [0.25, 0.3) is 11.0 Å². The van der Waals surface area contributed by atoms with Gasteiger partial charge in [-0.1, -0.05) is 0 Å². The molecule has 3 aromatic rings. The van der Waals surface area contributed by atoms with Gasteiger partial charge in [-0.15, -0.1) is 0 Å². The molecule has 0 aliphatic carbocycles. The lowest BCUT2D eigenvalue weighted by molar-refractivity contribution is 0.495. The van der Waals surface area contributed by atoms with Crippen LogP contribution in [0.2, 0.25) is 0 Å². The summed E-state index contributed by atoms with van der Waals surface area (Å²) in [5, 5.41) is 5.58. The van der Waals surface area contributed by atoms with Crippen LogP contribution in [0.5, 0.6) is 0 Å². The van der Waals surface area contributed by atoms with E-state index in [9.17, 15) is 0 Å². The highest BCUT2D eigenvalue weighted by molar-refractivity contribution is 5.87. The van der Waals surface area contributed by atoms with Crippen LogP contribution in [0.1, 0.15) is 24.5 Å². The third kappa shape index (κ3) is 2.13. The van der Waals surface area contributed by atoms with Crippen LogP contribution in [0.3, 0.4) is 0 Å². The van der Waals surface area contributed by atoms with Crippen molar-refractivity contribution < 1.29 is 0 Å². The SMILES string of the molecule is Cc1nc(C)n(CC2CCCN2c2ncnc3[nH]ccc23)n1. The van der Waals surface area contributed by atoms with Crippen LogP contribution in [0, 0.1) is 13.8 Å². The summed E-state index contributed by atoms with van der Waals surface area (Å²) >= 11 is 0. The Balaban J connectivity index is 1.66. The summed E-state index contributed by atoms with van der Waals surface area (Å²) in [6.07, 6.45) is 5.87. The van der Waals surface area contributed by atoms with Crippen molar-refractivity contribution in [2.24, 2.45) is 0 Å². The van der Waals surface area contributed by atoms with Gasteiger partial charge in [-0.25, -0.2) is 19.6 Å². The van der Waals surface area contributed by atoms with Gasteiger partial charge >= 0.3 is 0 Å². The molecule has 1 N–H and O–H groups in total. The highest BCUT2D eigenvalue weighted by atomic mass is 15.4. The van der Waals surface area contributed by atoms with Gasteiger partial charge in [0.1, 0.15) is 29.4 Å². The van der Waals surface area contributed by atoms with Crippen LogP contribution in [-0.2, 0) is 6.54 Å². The molecule has 0 saturated carbocycles. The van der Waals surface area contributed by atoms with E-state index in [2.05, 4.69) is 29.9 Å². The topological polar surface area (TPSA) is 75.5 Å². The fourth-order valence-corrected chi connectivity index (χ4v) is 3.33. The monoisotopic (exact) mass is 297 g/mol. The minimum absolute atomic E-state index is 0.396. The first-order valence-electron chi connectivity index (χ1n) is 7.65. The van der Waals surface area contributed by atoms with Gasteiger partial charge in [0, 0.05) is 12.7 Å². The standard InChI is InChI=1S/C15H19N7/c1-10-19-11(2)22(20-10)8-12-4-3-7-21(12)15-13-5-6-16-14(13)17-9-18-15/h5-6,9,12H,3-4,7-8H2,1-2H3,(H,16,17,18). The van der Waals surface area contributed by atoms with Crippen molar-refractivity contribution >= 4 is 16.9 Å². The number of nitrogens with one attached hydrogen (secondary N) is 1. The second kappa shape index (κ2) is 5.08. The summed E-state index contributed by atoms with van der Waals surface area (Å²) in [7, 11) is 0. The normalized spacial score (nSPS) is 18.5. The molecule has 1 aliphatic rings. The number of nitrogens with zero attached hydrogens (tertiary/aromatic N) is 6. The molecule has 1 aliphatic heterocycles. The number of anilines is 1. The quantitative estimate of drug-likeness (QED) is 0.798. The summed E-state index contributed by atoms with van der Waals surface area (Å²) in [6, 6.07) is 2.44. The smallest absolute Gasteiger partial charge is 0.147 e. The van der Waals surface area contributed by atoms with Crippen molar-refractivity contribution in [2.45, 2.75) is 39.3 Å². The van der Waals surface area contributed by atoms with Crippen LogP contribution in [0.15, 0.2) is 18.6 Å². The third-order valence-electron chi connectivity index (χ3n) is 4.33. The van der Waals surface area contributed by atoms with E-state index in [1.54, 1.807) is 6.33 Å². The first-order chi connectivity index (χ1) is 10.7. The van der Waals surface area contributed by atoms with Crippen molar-refractivity contribution in [2.75, 3.05) is 11.4 Å². The van der Waals surface area contributed by atoms with E-state index in [0.29, 0.717) is 6.04 Å². The first kappa shape index (κ1) is 13.2. The molecule has 0 amide bonds. The molecule has 0 bridgehead atoms. The minimum atomic E-state index is 0.396. The predicted octanol–water partition coefficient (Wildman–Crippen LogP) is 1.84. The lowest BCUT2D eigenvalue weighted by Crippen LogP contribution is -2.34. The number of H-pyrrole nitrogens is 1. The second-order valence-corrected chi connectivity index (χ2v) is 5.82. The molecule has 0 aromatic carbocycles. The van der Waals surface area contributed by atoms with Gasteiger partial charge in [0.15, 0.2) is 0 Å². The highest BCUT2D eigenvalue weighted by Crippen LogP contribution is 2.29. The van der Waals surface area contributed by atoms with Crippen molar-refractivity contribution in [1.29, 1.82) is 0 Å². The predicted molar refractivity (Wildman–Crippen MR) is 83.8 cm³/mol. The Hall–Kier alpha value is -2.44. The van der Waals surface area contributed by atoms with Crippen LogP contribution >= 0.6 is 0 Å². The number of aromatic nitrogens is 6. The molecule has 1 unspecified atom stereocenters. The Bertz CT molecular complexity index is 803. The summed E-state index contributed by atoms with van der Waals surface area (Å²) in [4.78, 5) is 18.7. The van der Waals surface area contributed by atoms with E-state index in [-0.39, 0.29) is 0 Å². The van der Waals surface area contributed by atoms with Gasteiger partial charge in [-0.3, -0.25) is 0 Å². The van der Waals surface area contributed by atoms with Gasteiger partial charge in [-0.2, -0.15) is 5.10 Å². The van der Waals surface area contributed by atoms with Crippen LogP contribution in [-0.4, -0.2) is 42.3 Å². The summed E-state index contributed by atoms with van der Waals surface area (Å²) in [5.41, 5.74) is 0.892. The number of rotatable bonds is 3. The zero-order valence-corrected chi connectivity index (χ0v) is 12.8. The van der Waals surface area contributed by atoms with Gasteiger partial charge in [0.05, 0.1) is 18.0 Å². The lowest BCUT2D eigenvalue weighted by Gasteiger charge is -2.26. The molecule has 7 nitrogen and oxygen atoms in total. The molecule has 22 heavy (non-hydrogen) atoms. The maximum atomic E-state index is 4.53. The molecule has 4 heterocycles. The van der Waals surface area contributed by atoms with E-state index in [4.69, 9.17) is 0 Å². The highest BCUT2D eigenvalue weighted by Gasteiger charge is 2.28. The van der Waals surface area contributed by atoms with E-state index >= 15 is 0 Å². The molecule has 114 valence electrons. The Labute approximate surface area is 128 Å². The maximum Gasteiger partial charge on any atom is 0.147 e. The summed E-state index contributed by atoms with van der Waals surface area (Å²) in [6.45, 7) is 5.81.